The predicted octanol–water partition coefficient (Wildman–Crippen LogP) is 2.62. The summed E-state index contributed by atoms with van der Waals surface area (Å²) in [6, 6.07) is 8.41. The van der Waals surface area contributed by atoms with Crippen LogP contribution in [0.2, 0.25) is 0 Å². The molecule has 1 aromatic rings. The molecule has 0 aliphatic heterocycles. The Labute approximate surface area is 104 Å². The molecule has 1 aromatic carbocycles. The molecule has 2 N–H and O–H groups in total. The van der Waals surface area contributed by atoms with Gasteiger partial charge in [0.25, 0.3) is 0 Å². The van der Waals surface area contributed by atoms with Gasteiger partial charge in [0.1, 0.15) is 0 Å². The lowest BCUT2D eigenvalue weighted by Crippen LogP contribution is -2.38. The minimum absolute atomic E-state index is 0. The first kappa shape index (κ1) is 15.4. The molecule has 0 saturated heterocycles. The SMILES string of the molecule is Cc1ccc(C(C)(O)CNC(C)C)cc1.Cl. The number of aliphatic hydroxyl groups is 1. The van der Waals surface area contributed by atoms with Crippen LogP contribution in [0.5, 0.6) is 0 Å². The molecular weight excluding hydrogens is 222 g/mol. The van der Waals surface area contributed by atoms with Crippen molar-refractivity contribution in [2.75, 3.05) is 6.54 Å². The van der Waals surface area contributed by atoms with Crippen LogP contribution in [-0.2, 0) is 5.60 Å². The topological polar surface area (TPSA) is 32.3 Å². The maximum atomic E-state index is 10.3. The van der Waals surface area contributed by atoms with Gasteiger partial charge in [0.2, 0.25) is 0 Å². The molecule has 92 valence electrons. The quantitative estimate of drug-likeness (QED) is 0.852. The van der Waals surface area contributed by atoms with E-state index in [9.17, 15) is 5.11 Å². The Morgan fingerprint density at radius 3 is 2.19 bits per heavy atom. The van der Waals surface area contributed by atoms with Crippen molar-refractivity contribution in [3.63, 3.8) is 0 Å². The van der Waals surface area contributed by atoms with Crippen LogP contribution in [0.3, 0.4) is 0 Å². The molecule has 0 aromatic heterocycles. The third-order valence-electron chi connectivity index (χ3n) is 2.53. The number of benzene rings is 1. The number of rotatable bonds is 4. The van der Waals surface area contributed by atoms with E-state index in [1.165, 1.54) is 5.56 Å². The van der Waals surface area contributed by atoms with Crippen LogP contribution in [0.25, 0.3) is 0 Å². The van der Waals surface area contributed by atoms with Gasteiger partial charge in [0.05, 0.1) is 5.60 Å². The van der Waals surface area contributed by atoms with Crippen molar-refractivity contribution in [2.45, 2.75) is 39.3 Å². The van der Waals surface area contributed by atoms with E-state index in [0.717, 1.165) is 5.56 Å². The van der Waals surface area contributed by atoms with Crippen molar-refractivity contribution in [1.82, 2.24) is 5.32 Å². The van der Waals surface area contributed by atoms with Crippen molar-refractivity contribution in [3.05, 3.63) is 35.4 Å². The summed E-state index contributed by atoms with van der Waals surface area (Å²) in [5.74, 6) is 0. The van der Waals surface area contributed by atoms with Gasteiger partial charge < -0.3 is 10.4 Å². The number of nitrogens with one attached hydrogen (secondary N) is 1. The standard InChI is InChI=1S/C13H21NO.ClH/c1-10(2)14-9-13(4,15)12-7-5-11(3)6-8-12;/h5-8,10,14-15H,9H2,1-4H3;1H. The summed E-state index contributed by atoms with van der Waals surface area (Å²) in [4.78, 5) is 0. The highest BCUT2D eigenvalue weighted by Gasteiger charge is 2.22. The Morgan fingerprint density at radius 1 is 1.25 bits per heavy atom. The van der Waals surface area contributed by atoms with Gasteiger partial charge >= 0.3 is 0 Å². The van der Waals surface area contributed by atoms with Gasteiger partial charge in [-0.2, -0.15) is 0 Å². The summed E-state index contributed by atoms with van der Waals surface area (Å²) < 4.78 is 0. The maximum absolute atomic E-state index is 10.3. The minimum Gasteiger partial charge on any atom is -0.384 e. The van der Waals surface area contributed by atoms with E-state index in [4.69, 9.17) is 0 Å². The lowest BCUT2D eigenvalue weighted by atomic mass is 9.95. The van der Waals surface area contributed by atoms with Gasteiger partial charge in [-0.1, -0.05) is 43.7 Å². The lowest BCUT2D eigenvalue weighted by Gasteiger charge is -2.25. The molecule has 0 fully saturated rings. The van der Waals surface area contributed by atoms with Crippen LogP contribution in [-0.4, -0.2) is 17.7 Å². The molecule has 0 aliphatic rings. The van der Waals surface area contributed by atoms with E-state index in [1.54, 1.807) is 0 Å². The molecule has 16 heavy (non-hydrogen) atoms. The highest BCUT2D eigenvalue weighted by atomic mass is 35.5. The Hall–Kier alpha value is -0.570. The summed E-state index contributed by atoms with van der Waals surface area (Å²) in [5.41, 5.74) is 1.38. The number of hydrogen-bond donors (Lipinski definition) is 2. The molecule has 0 radical (unpaired) electrons. The summed E-state index contributed by atoms with van der Waals surface area (Å²) in [5, 5.41) is 13.5. The van der Waals surface area contributed by atoms with Crippen LogP contribution in [0.15, 0.2) is 24.3 Å². The number of aryl methyl sites for hydroxylation is 1. The average Bonchev–Trinajstić information content (AvgIpc) is 2.16. The fourth-order valence-electron chi connectivity index (χ4n) is 1.42. The molecule has 1 rings (SSSR count). The highest BCUT2D eigenvalue weighted by molar-refractivity contribution is 5.85. The fourth-order valence-corrected chi connectivity index (χ4v) is 1.42. The molecule has 0 bridgehead atoms. The summed E-state index contributed by atoms with van der Waals surface area (Å²) in [6.07, 6.45) is 0. The molecule has 0 spiro atoms. The third kappa shape index (κ3) is 4.52. The first-order chi connectivity index (χ1) is 6.92. The smallest absolute Gasteiger partial charge is 0.0992 e. The highest BCUT2D eigenvalue weighted by Crippen LogP contribution is 2.20. The molecule has 1 unspecified atom stereocenters. The van der Waals surface area contributed by atoms with E-state index in [1.807, 2.05) is 38.1 Å². The van der Waals surface area contributed by atoms with Crippen LogP contribution in [0.4, 0.5) is 0 Å². The minimum atomic E-state index is -0.794. The Bertz CT molecular complexity index is 306. The largest absolute Gasteiger partial charge is 0.384 e. The van der Waals surface area contributed by atoms with Gasteiger partial charge in [-0.25, -0.2) is 0 Å². The molecule has 0 amide bonds. The van der Waals surface area contributed by atoms with E-state index in [-0.39, 0.29) is 12.4 Å². The van der Waals surface area contributed by atoms with Crippen molar-refractivity contribution in [3.8, 4) is 0 Å². The summed E-state index contributed by atoms with van der Waals surface area (Å²) in [6.45, 7) is 8.61. The average molecular weight is 244 g/mol. The monoisotopic (exact) mass is 243 g/mol. The van der Waals surface area contributed by atoms with Crippen LogP contribution < -0.4 is 5.32 Å². The lowest BCUT2D eigenvalue weighted by molar-refractivity contribution is 0.0549. The molecule has 0 aliphatic carbocycles. The summed E-state index contributed by atoms with van der Waals surface area (Å²) in [7, 11) is 0. The molecule has 0 saturated carbocycles. The second-order valence-electron chi connectivity index (χ2n) is 4.68. The number of hydrogen-bond acceptors (Lipinski definition) is 2. The zero-order valence-electron chi connectivity index (χ0n) is 10.4. The molecule has 1 atom stereocenters. The first-order valence-electron chi connectivity index (χ1n) is 5.45. The van der Waals surface area contributed by atoms with Crippen molar-refractivity contribution in [2.24, 2.45) is 0 Å². The van der Waals surface area contributed by atoms with Crippen molar-refractivity contribution < 1.29 is 5.11 Å². The predicted molar refractivity (Wildman–Crippen MR) is 71.1 cm³/mol. The Kier molecular flexibility index (Phi) is 6.01. The zero-order valence-corrected chi connectivity index (χ0v) is 11.3. The zero-order chi connectivity index (χ0) is 11.5. The third-order valence-corrected chi connectivity index (χ3v) is 2.53. The second kappa shape index (κ2) is 6.24. The van der Waals surface area contributed by atoms with Crippen LogP contribution >= 0.6 is 12.4 Å². The first-order valence-corrected chi connectivity index (χ1v) is 5.45. The van der Waals surface area contributed by atoms with Gasteiger partial charge in [-0.3, -0.25) is 0 Å². The van der Waals surface area contributed by atoms with Gasteiger partial charge in [0, 0.05) is 12.6 Å². The van der Waals surface area contributed by atoms with E-state index in [2.05, 4.69) is 19.2 Å². The second-order valence-corrected chi connectivity index (χ2v) is 4.68. The van der Waals surface area contributed by atoms with E-state index >= 15 is 0 Å². The van der Waals surface area contributed by atoms with Gasteiger partial charge in [-0.15, -0.1) is 12.4 Å². The Morgan fingerprint density at radius 2 is 1.75 bits per heavy atom. The normalized spacial score (nSPS) is 14.4. The molecule has 0 heterocycles. The maximum Gasteiger partial charge on any atom is 0.0992 e. The van der Waals surface area contributed by atoms with Crippen LogP contribution in [0, 0.1) is 6.92 Å². The van der Waals surface area contributed by atoms with E-state index in [0.29, 0.717) is 12.6 Å². The van der Waals surface area contributed by atoms with Gasteiger partial charge in [-0.05, 0) is 19.4 Å². The van der Waals surface area contributed by atoms with Crippen LogP contribution in [0.1, 0.15) is 31.9 Å². The fraction of sp³-hybridized carbons (Fsp3) is 0.538. The van der Waals surface area contributed by atoms with E-state index < -0.39 is 5.60 Å². The van der Waals surface area contributed by atoms with Crippen molar-refractivity contribution >= 4 is 12.4 Å². The summed E-state index contributed by atoms with van der Waals surface area (Å²) >= 11 is 0. The molecule has 3 heteroatoms. The molecular formula is C13H22ClNO. The van der Waals surface area contributed by atoms with Crippen molar-refractivity contribution in [1.29, 1.82) is 0 Å². The molecule has 2 nitrogen and oxygen atoms in total. The van der Waals surface area contributed by atoms with Gasteiger partial charge in [0.15, 0.2) is 0 Å². The number of halogens is 1. The Balaban J connectivity index is 0.00000225.